The van der Waals surface area contributed by atoms with Crippen molar-refractivity contribution in [3.05, 3.63) is 65.2 Å². The van der Waals surface area contributed by atoms with E-state index in [1.165, 1.54) is 16.3 Å². The van der Waals surface area contributed by atoms with Gasteiger partial charge in [0.1, 0.15) is 6.04 Å². The van der Waals surface area contributed by atoms with E-state index in [0.29, 0.717) is 11.4 Å². The largest absolute Gasteiger partial charge is 0.352 e. The molecule has 0 bridgehead atoms. The smallest absolute Gasteiger partial charge is 0.242 e. The van der Waals surface area contributed by atoms with E-state index in [0.717, 1.165) is 31.2 Å². The van der Waals surface area contributed by atoms with Crippen molar-refractivity contribution in [1.29, 1.82) is 0 Å². The molecule has 0 aliphatic heterocycles. The van der Waals surface area contributed by atoms with Gasteiger partial charge < -0.3 is 10.2 Å². The Labute approximate surface area is 213 Å². The first-order valence-electron chi connectivity index (χ1n) is 12.0. The van der Waals surface area contributed by atoms with E-state index in [-0.39, 0.29) is 42.3 Å². The molecule has 3 rings (SSSR count). The highest BCUT2D eigenvalue weighted by atomic mass is 35.5. The molecule has 2 aromatic rings. The number of nitrogens with one attached hydrogen (secondary N) is 1. The third-order valence-electron chi connectivity index (χ3n) is 6.48. The Kier molecular flexibility index (Phi) is 9.71. The van der Waals surface area contributed by atoms with Crippen molar-refractivity contribution in [2.75, 3.05) is 13.6 Å². The van der Waals surface area contributed by atoms with E-state index < -0.39 is 16.1 Å². The predicted octanol–water partition coefficient (Wildman–Crippen LogP) is 4.22. The quantitative estimate of drug-likeness (QED) is 0.481. The molecule has 0 heterocycles. The molecule has 190 valence electrons. The normalized spacial score (nSPS) is 15.2. The fourth-order valence-electron chi connectivity index (χ4n) is 4.27. The fraction of sp³-hybridized carbons (Fsp3) is 0.462. The SMILES string of the molecule is C[C@H](C(=O)NC1CCCC1)N(Cc1ccccc1Cl)C(=O)CCCN(C)S(=O)(=O)c1ccccc1. The second-order valence-corrected chi connectivity index (χ2v) is 11.5. The van der Waals surface area contributed by atoms with Crippen LogP contribution >= 0.6 is 11.6 Å². The molecule has 0 unspecified atom stereocenters. The number of hydrogen-bond donors (Lipinski definition) is 1. The summed E-state index contributed by atoms with van der Waals surface area (Å²) in [6.07, 6.45) is 4.55. The summed E-state index contributed by atoms with van der Waals surface area (Å²) in [7, 11) is -2.12. The van der Waals surface area contributed by atoms with E-state index >= 15 is 0 Å². The molecule has 2 amide bonds. The second-order valence-electron chi connectivity index (χ2n) is 9.02. The number of nitrogens with zero attached hydrogens (tertiary/aromatic N) is 2. The minimum atomic E-state index is -3.63. The summed E-state index contributed by atoms with van der Waals surface area (Å²) in [6.45, 7) is 2.12. The Morgan fingerprint density at radius 3 is 2.34 bits per heavy atom. The lowest BCUT2D eigenvalue weighted by molar-refractivity contribution is -0.141. The second kappa shape index (κ2) is 12.5. The summed E-state index contributed by atoms with van der Waals surface area (Å²) in [5.41, 5.74) is 0.756. The van der Waals surface area contributed by atoms with Crippen LogP contribution in [0.2, 0.25) is 5.02 Å². The van der Waals surface area contributed by atoms with Gasteiger partial charge in [-0.2, -0.15) is 0 Å². The predicted molar refractivity (Wildman–Crippen MR) is 137 cm³/mol. The maximum absolute atomic E-state index is 13.3. The van der Waals surface area contributed by atoms with E-state index in [2.05, 4.69) is 5.32 Å². The van der Waals surface area contributed by atoms with Crippen LogP contribution in [0.5, 0.6) is 0 Å². The number of benzene rings is 2. The molecule has 1 atom stereocenters. The Morgan fingerprint density at radius 1 is 1.06 bits per heavy atom. The van der Waals surface area contributed by atoms with Crippen LogP contribution in [0.15, 0.2) is 59.5 Å². The lowest BCUT2D eigenvalue weighted by Gasteiger charge is -2.30. The fourth-order valence-corrected chi connectivity index (χ4v) is 5.70. The maximum atomic E-state index is 13.3. The zero-order chi connectivity index (χ0) is 25.4. The third-order valence-corrected chi connectivity index (χ3v) is 8.72. The van der Waals surface area contributed by atoms with Crippen molar-refractivity contribution in [2.24, 2.45) is 0 Å². The summed E-state index contributed by atoms with van der Waals surface area (Å²) >= 11 is 6.34. The monoisotopic (exact) mass is 519 g/mol. The molecule has 2 aromatic carbocycles. The molecule has 1 fully saturated rings. The van der Waals surface area contributed by atoms with Crippen molar-refractivity contribution in [3.63, 3.8) is 0 Å². The highest BCUT2D eigenvalue weighted by Gasteiger charge is 2.29. The van der Waals surface area contributed by atoms with E-state index in [1.807, 2.05) is 18.2 Å². The first-order valence-corrected chi connectivity index (χ1v) is 13.9. The standard InChI is InChI=1S/C26H34ClN3O4S/c1-20(26(32)28-22-12-7-8-13-22)30(19-21-11-6-9-16-24(21)27)25(31)17-10-18-29(2)35(33,34)23-14-4-3-5-15-23/h3-6,9,11,14-16,20,22H,7-8,10,12-13,17-19H2,1-2H3,(H,28,32)/t20-/m1/s1. The summed E-state index contributed by atoms with van der Waals surface area (Å²) in [6, 6.07) is 14.9. The minimum absolute atomic E-state index is 0.111. The van der Waals surface area contributed by atoms with Crippen molar-refractivity contribution in [1.82, 2.24) is 14.5 Å². The van der Waals surface area contributed by atoms with Crippen LogP contribution in [0, 0.1) is 0 Å². The molecular weight excluding hydrogens is 486 g/mol. The summed E-state index contributed by atoms with van der Waals surface area (Å²) in [5, 5.41) is 3.60. The van der Waals surface area contributed by atoms with Crippen LogP contribution in [0.25, 0.3) is 0 Å². The molecule has 1 aliphatic carbocycles. The van der Waals surface area contributed by atoms with E-state index in [4.69, 9.17) is 11.6 Å². The highest BCUT2D eigenvalue weighted by Crippen LogP contribution is 2.21. The van der Waals surface area contributed by atoms with Crippen molar-refractivity contribution in [3.8, 4) is 0 Å². The third kappa shape index (κ3) is 7.29. The van der Waals surface area contributed by atoms with Gasteiger partial charge in [0.05, 0.1) is 4.90 Å². The van der Waals surface area contributed by atoms with Crippen LogP contribution in [0.3, 0.4) is 0 Å². The van der Waals surface area contributed by atoms with Gasteiger partial charge in [-0.25, -0.2) is 12.7 Å². The van der Waals surface area contributed by atoms with Crippen LogP contribution < -0.4 is 5.32 Å². The molecule has 7 nitrogen and oxygen atoms in total. The van der Waals surface area contributed by atoms with Crippen molar-refractivity contribution in [2.45, 2.75) is 69.0 Å². The number of rotatable bonds is 11. The van der Waals surface area contributed by atoms with Crippen LogP contribution in [0.1, 0.15) is 51.0 Å². The summed E-state index contributed by atoms with van der Waals surface area (Å²) < 4.78 is 26.7. The van der Waals surface area contributed by atoms with Gasteiger partial charge in [0.25, 0.3) is 0 Å². The van der Waals surface area contributed by atoms with Crippen LogP contribution in [-0.2, 0) is 26.2 Å². The van der Waals surface area contributed by atoms with Gasteiger partial charge in [0, 0.05) is 37.6 Å². The molecule has 1 aliphatic rings. The topological polar surface area (TPSA) is 86.8 Å². The molecule has 1 N–H and O–H groups in total. The number of hydrogen-bond acceptors (Lipinski definition) is 4. The molecule has 35 heavy (non-hydrogen) atoms. The Hall–Kier alpha value is -2.42. The lowest BCUT2D eigenvalue weighted by atomic mass is 10.1. The first-order chi connectivity index (χ1) is 16.7. The van der Waals surface area contributed by atoms with Crippen molar-refractivity contribution >= 4 is 33.4 Å². The maximum Gasteiger partial charge on any atom is 0.242 e. The van der Waals surface area contributed by atoms with Gasteiger partial charge in [-0.1, -0.05) is 60.8 Å². The summed E-state index contributed by atoms with van der Waals surface area (Å²) in [4.78, 5) is 28.0. The number of sulfonamides is 1. The number of halogens is 1. The Bertz CT molecular complexity index is 1100. The van der Waals surface area contributed by atoms with Gasteiger partial charge >= 0.3 is 0 Å². The van der Waals surface area contributed by atoms with Crippen LogP contribution in [0.4, 0.5) is 0 Å². The van der Waals surface area contributed by atoms with Crippen LogP contribution in [-0.4, -0.2) is 55.1 Å². The minimum Gasteiger partial charge on any atom is -0.352 e. The van der Waals surface area contributed by atoms with Gasteiger partial charge in [-0.3, -0.25) is 9.59 Å². The molecule has 0 aromatic heterocycles. The van der Waals surface area contributed by atoms with Crippen molar-refractivity contribution < 1.29 is 18.0 Å². The molecule has 0 saturated heterocycles. The molecule has 9 heteroatoms. The Balaban J connectivity index is 1.66. The summed E-state index contributed by atoms with van der Waals surface area (Å²) in [5.74, 6) is -0.398. The van der Waals surface area contributed by atoms with E-state index in [9.17, 15) is 18.0 Å². The molecule has 1 saturated carbocycles. The average Bonchev–Trinajstić information content (AvgIpc) is 3.36. The molecule has 0 spiro atoms. The zero-order valence-corrected chi connectivity index (χ0v) is 21.9. The number of carbonyl (C=O) groups excluding carboxylic acids is 2. The average molecular weight is 520 g/mol. The lowest BCUT2D eigenvalue weighted by Crippen LogP contribution is -2.49. The number of amides is 2. The van der Waals surface area contributed by atoms with Gasteiger partial charge in [-0.15, -0.1) is 0 Å². The van der Waals surface area contributed by atoms with E-state index in [1.54, 1.807) is 43.3 Å². The first kappa shape index (κ1) is 27.2. The number of carbonyl (C=O) groups is 2. The van der Waals surface area contributed by atoms with Gasteiger partial charge in [-0.05, 0) is 49.9 Å². The molecule has 0 radical (unpaired) electrons. The zero-order valence-electron chi connectivity index (χ0n) is 20.3. The Morgan fingerprint density at radius 2 is 1.69 bits per heavy atom. The van der Waals surface area contributed by atoms with Gasteiger partial charge in [0.2, 0.25) is 21.8 Å². The highest BCUT2D eigenvalue weighted by molar-refractivity contribution is 7.89. The molecular formula is C26H34ClN3O4S. The van der Waals surface area contributed by atoms with Gasteiger partial charge in [0.15, 0.2) is 0 Å².